The summed E-state index contributed by atoms with van der Waals surface area (Å²) < 4.78 is 12.1. The molecule has 5 nitrogen and oxygen atoms in total. The number of amides is 1. The van der Waals surface area contributed by atoms with Crippen LogP contribution in [0.4, 0.5) is 5.69 Å². The maximum absolute atomic E-state index is 12.5. The summed E-state index contributed by atoms with van der Waals surface area (Å²) in [5, 5.41) is 6.40. The average Bonchev–Trinajstić information content (AvgIpc) is 3.42. The normalized spacial score (nSPS) is 16.3. The van der Waals surface area contributed by atoms with E-state index in [1.165, 1.54) is 11.3 Å². The number of ether oxygens (including phenoxy) is 2. The Morgan fingerprint density at radius 3 is 2.66 bits per heavy atom. The minimum atomic E-state index is -0.496. The van der Waals surface area contributed by atoms with Crippen molar-refractivity contribution in [1.29, 1.82) is 0 Å². The summed E-state index contributed by atoms with van der Waals surface area (Å²) in [5.41, 5.74) is 2.42. The van der Waals surface area contributed by atoms with Crippen LogP contribution in [0, 0.1) is 0 Å². The van der Waals surface area contributed by atoms with Crippen molar-refractivity contribution in [3.8, 4) is 22.1 Å². The van der Waals surface area contributed by atoms with Gasteiger partial charge in [0.25, 0.3) is 5.79 Å². The van der Waals surface area contributed by atoms with E-state index in [0.717, 1.165) is 47.7 Å². The van der Waals surface area contributed by atoms with Gasteiger partial charge in [0.05, 0.1) is 12.1 Å². The van der Waals surface area contributed by atoms with Crippen LogP contribution >= 0.6 is 22.9 Å². The van der Waals surface area contributed by atoms with Gasteiger partial charge in [0, 0.05) is 40.6 Å². The number of anilines is 1. The van der Waals surface area contributed by atoms with Gasteiger partial charge in [-0.15, -0.1) is 11.3 Å². The monoisotopic (exact) mass is 426 g/mol. The minimum absolute atomic E-state index is 0.118. The van der Waals surface area contributed by atoms with Gasteiger partial charge < -0.3 is 14.8 Å². The zero-order valence-corrected chi connectivity index (χ0v) is 17.2. The average molecular weight is 427 g/mol. The first-order valence-corrected chi connectivity index (χ1v) is 10.9. The van der Waals surface area contributed by atoms with Crippen LogP contribution in [0.25, 0.3) is 10.6 Å². The predicted molar refractivity (Wildman–Crippen MR) is 114 cm³/mol. The molecule has 1 saturated carbocycles. The van der Waals surface area contributed by atoms with Crippen LogP contribution in [0.1, 0.15) is 31.4 Å². The molecule has 29 heavy (non-hydrogen) atoms. The number of carbonyl (C=O) groups excluding carboxylic acids is 1. The maximum Gasteiger partial charge on any atom is 0.251 e. The lowest BCUT2D eigenvalue weighted by molar-refractivity contribution is -0.115. The molecule has 7 heteroatoms. The van der Waals surface area contributed by atoms with Crippen molar-refractivity contribution in [1.82, 2.24) is 4.98 Å². The lowest BCUT2D eigenvalue weighted by Gasteiger charge is -2.21. The van der Waals surface area contributed by atoms with Gasteiger partial charge in [-0.2, -0.15) is 0 Å². The van der Waals surface area contributed by atoms with Crippen molar-refractivity contribution in [2.75, 3.05) is 5.32 Å². The molecule has 2 heterocycles. The Kier molecular flexibility index (Phi) is 4.68. The Hall–Kier alpha value is -2.57. The smallest absolute Gasteiger partial charge is 0.251 e. The van der Waals surface area contributed by atoms with E-state index in [0.29, 0.717) is 16.5 Å². The number of rotatable bonds is 4. The fourth-order valence-electron chi connectivity index (χ4n) is 3.77. The van der Waals surface area contributed by atoms with Gasteiger partial charge in [0.2, 0.25) is 5.91 Å². The number of carbonyl (C=O) groups is 1. The van der Waals surface area contributed by atoms with E-state index in [2.05, 4.69) is 10.3 Å². The van der Waals surface area contributed by atoms with Crippen LogP contribution in [-0.4, -0.2) is 16.7 Å². The van der Waals surface area contributed by atoms with Crippen LogP contribution in [0.5, 0.6) is 11.5 Å². The molecule has 2 aliphatic rings. The molecule has 3 aromatic rings. The molecule has 1 spiro atoms. The number of fused-ring (bicyclic) bond motifs is 1. The highest BCUT2D eigenvalue weighted by atomic mass is 35.5. The van der Waals surface area contributed by atoms with Crippen molar-refractivity contribution in [3.05, 3.63) is 58.6 Å². The summed E-state index contributed by atoms with van der Waals surface area (Å²) >= 11 is 7.45. The van der Waals surface area contributed by atoms with Gasteiger partial charge in [0.15, 0.2) is 11.5 Å². The third-order valence-corrected chi connectivity index (χ3v) is 6.36. The Labute approximate surface area is 177 Å². The molecule has 0 bridgehead atoms. The molecule has 148 valence electrons. The molecule has 1 amide bonds. The zero-order chi connectivity index (χ0) is 19.8. The van der Waals surface area contributed by atoms with E-state index >= 15 is 0 Å². The highest BCUT2D eigenvalue weighted by Crippen LogP contribution is 2.47. The number of benzene rings is 2. The second-order valence-electron chi connectivity index (χ2n) is 7.36. The second-order valence-corrected chi connectivity index (χ2v) is 8.65. The first-order valence-electron chi connectivity index (χ1n) is 9.61. The van der Waals surface area contributed by atoms with E-state index in [-0.39, 0.29) is 12.3 Å². The number of aromatic nitrogens is 1. The van der Waals surface area contributed by atoms with Gasteiger partial charge in [0.1, 0.15) is 5.01 Å². The summed E-state index contributed by atoms with van der Waals surface area (Å²) in [6.45, 7) is 0. The topological polar surface area (TPSA) is 60.5 Å². The zero-order valence-electron chi connectivity index (χ0n) is 15.6. The van der Waals surface area contributed by atoms with Gasteiger partial charge >= 0.3 is 0 Å². The number of nitrogens with zero attached hydrogens (tertiary/aromatic N) is 1. The molecule has 0 saturated heterocycles. The molecule has 0 unspecified atom stereocenters. The molecular weight excluding hydrogens is 408 g/mol. The van der Waals surface area contributed by atoms with Crippen molar-refractivity contribution in [3.63, 3.8) is 0 Å². The van der Waals surface area contributed by atoms with Gasteiger partial charge in [-0.25, -0.2) is 4.98 Å². The Morgan fingerprint density at radius 1 is 1.10 bits per heavy atom. The van der Waals surface area contributed by atoms with Crippen molar-refractivity contribution in [2.24, 2.45) is 0 Å². The number of halogens is 1. The van der Waals surface area contributed by atoms with E-state index in [1.807, 2.05) is 47.8 Å². The quantitative estimate of drug-likeness (QED) is 0.582. The third-order valence-electron chi connectivity index (χ3n) is 5.17. The predicted octanol–water partition coefficient (Wildman–Crippen LogP) is 5.69. The lowest BCUT2D eigenvalue weighted by atomic mass is 10.2. The van der Waals surface area contributed by atoms with Crippen LogP contribution < -0.4 is 14.8 Å². The van der Waals surface area contributed by atoms with E-state index < -0.39 is 5.79 Å². The Bertz CT molecular complexity index is 1060. The largest absolute Gasteiger partial charge is 0.448 e. The molecular formula is C22H19ClN2O3S. The van der Waals surface area contributed by atoms with Crippen LogP contribution in [0.15, 0.2) is 47.8 Å². The standard InChI is InChI=1S/C22H19ClN2O3S/c23-15-5-3-14(4-6-15)21-25-17(13-29-21)12-20(26)24-16-7-8-18-19(11-16)28-22(27-18)9-1-2-10-22/h3-8,11,13H,1-2,9-10,12H2,(H,24,26). The summed E-state index contributed by atoms with van der Waals surface area (Å²) in [6.07, 6.45) is 4.25. The van der Waals surface area contributed by atoms with E-state index in [4.69, 9.17) is 21.1 Å². The summed E-state index contributed by atoms with van der Waals surface area (Å²) in [6, 6.07) is 13.1. The molecule has 5 rings (SSSR count). The molecule has 1 fully saturated rings. The fourth-order valence-corrected chi connectivity index (χ4v) is 4.72. The number of nitrogens with one attached hydrogen (secondary N) is 1. The Morgan fingerprint density at radius 2 is 1.86 bits per heavy atom. The molecule has 1 aliphatic heterocycles. The molecule has 1 N–H and O–H groups in total. The highest BCUT2D eigenvalue weighted by molar-refractivity contribution is 7.13. The fraction of sp³-hybridized carbons (Fsp3) is 0.273. The number of thiazole rings is 1. The highest BCUT2D eigenvalue weighted by Gasteiger charge is 2.44. The van der Waals surface area contributed by atoms with Gasteiger partial charge in [-0.3, -0.25) is 4.79 Å². The molecule has 0 radical (unpaired) electrons. The van der Waals surface area contributed by atoms with Gasteiger partial charge in [-0.05, 0) is 37.1 Å². The van der Waals surface area contributed by atoms with Crippen molar-refractivity contribution < 1.29 is 14.3 Å². The van der Waals surface area contributed by atoms with Crippen LogP contribution in [-0.2, 0) is 11.2 Å². The second kappa shape index (κ2) is 7.35. The SMILES string of the molecule is O=C(Cc1csc(-c2ccc(Cl)cc2)n1)Nc1ccc2c(c1)OC1(CCCC1)O2. The number of hydrogen-bond acceptors (Lipinski definition) is 5. The Balaban J connectivity index is 1.24. The number of hydrogen-bond donors (Lipinski definition) is 1. The van der Waals surface area contributed by atoms with Crippen molar-refractivity contribution in [2.45, 2.75) is 37.9 Å². The lowest BCUT2D eigenvalue weighted by Crippen LogP contribution is -2.34. The van der Waals surface area contributed by atoms with E-state index in [1.54, 1.807) is 0 Å². The minimum Gasteiger partial charge on any atom is -0.448 e. The van der Waals surface area contributed by atoms with Crippen molar-refractivity contribution >= 4 is 34.5 Å². The first kappa shape index (κ1) is 18.5. The molecule has 2 aromatic carbocycles. The van der Waals surface area contributed by atoms with Crippen LogP contribution in [0.3, 0.4) is 0 Å². The van der Waals surface area contributed by atoms with Crippen LogP contribution in [0.2, 0.25) is 5.02 Å². The molecule has 0 atom stereocenters. The first-order chi connectivity index (χ1) is 14.1. The molecule has 1 aromatic heterocycles. The van der Waals surface area contributed by atoms with E-state index in [9.17, 15) is 4.79 Å². The summed E-state index contributed by atoms with van der Waals surface area (Å²) in [4.78, 5) is 17.1. The summed E-state index contributed by atoms with van der Waals surface area (Å²) in [7, 11) is 0. The molecule has 1 aliphatic carbocycles. The van der Waals surface area contributed by atoms with Gasteiger partial charge in [-0.1, -0.05) is 23.7 Å². The maximum atomic E-state index is 12.5. The third kappa shape index (κ3) is 3.82. The summed E-state index contributed by atoms with van der Waals surface area (Å²) in [5.74, 6) is 0.830.